The molecule has 0 spiro atoms. The second-order valence-electron chi connectivity index (χ2n) is 4.72. The number of ether oxygens (including phenoxy) is 2. The molecule has 4 nitrogen and oxygen atoms in total. The highest BCUT2D eigenvalue weighted by atomic mass is 16.5. The first-order valence-electron chi connectivity index (χ1n) is 6.94. The van der Waals surface area contributed by atoms with Gasteiger partial charge in [0.1, 0.15) is 13.2 Å². The van der Waals surface area contributed by atoms with Crippen LogP contribution in [0, 0.1) is 5.92 Å². The molecule has 4 heteroatoms. The smallest absolute Gasteiger partial charge is 0.309 e. The molecule has 20 heavy (non-hydrogen) atoms. The fourth-order valence-corrected chi connectivity index (χ4v) is 1.89. The maximum absolute atomic E-state index is 11.8. The molecule has 0 aliphatic heterocycles. The van der Waals surface area contributed by atoms with E-state index in [2.05, 4.69) is 0 Å². The molecule has 1 rings (SSSR count). The van der Waals surface area contributed by atoms with E-state index in [1.807, 2.05) is 38.1 Å². The molecule has 0 unspecified atom stereocenters. The predicted octanol–water partition coefficient (Wildman–Crippen LogP) is 3.23. The maximum atomic E-state index is 11.8. The summed E-state index contributed by atoms with van der Waals surface area (Å²) in [5.74, 6) is -0.491. The van der Waals surface area contributed by atoms with Crippen molar-refractivity contribution < 1.29 is 19.1 Å². The summed E-state index contributed by atoms with van der Waals surface area (Å²) in [6, 6.07) is 7.49. The van der Waals surface area contributed by atoms with Gasteiger partial charge in [0.15, 0.2) is 0 Å². The van der Waals surface area contributed by atoms with Crippen molar-refractivity contribution in [3.63, 3.8) is 0 Å². The van der Waals surface area contributed by atoms with Gasteiger partial charge in [0.05, 0.1) is 5.92 Å². The van der Waals surface area contributed by atoms with Gasteiger partial charge in [-0.2, -0.15) is 0 Å². The zero-order valence-electron chi connectivity index (χ0n) is 12.3. The third-order valence-corrected chi connectivity index (χ3v) is 3.13. The van der Waals surface area contributed by atoms with Gasteiger partial charge in [-0.25, -0.2) is 0 Å². The van der Waals surface area contributed by atoms with Crippen LogP contribution >= 0.6 is 0 Å². The molecule has 0 atom stereocenters. The van der Waals surface area contributed by atoms with Crippen LogP contribution in [-0.4, -0.2) is 11.9 Å². The molecule has 0 aliphatic carbocycles. The SMILES string of the molecule is CCC(CC)C(=O)OCc1cccc(COC(C)=O)c1. The Morgan fingerprint density at radius 2 is 1.60 bits per heavy atom. The fourth-order valence-electron chi connectivity index (χ4n) is 1.89. The van der Waals surface area contributed by atoms with Crippen LogP contribution in [0.15, 0.2) is 24.3 Å². The van der Waals surface area contributed by atoms with Gasteiger partial charge in [0.2, 0.25) is 0 Å². The first-order valence-corrected chi connectivity index (χ1v) is 6.94. The Morgan fingerprint density at radius 1 is 1.05 bits per heavy atom. The Hall–Kier alpha value is -1.84. The average molecular weight is 278 g/mol. The summed E-state index contributed by atoms with van der Waals surface area (Å²) in [5, 5.41) is 0. The number of rotatable bonds is 7. The third-order valence-electron chi connectivity index (χ3n) is 3.13. The summed E-state index contributed by atoms with van der Waals surface area (Å²) in [6.07, 6.45) is 1.59. The lowest BCUT2D eigenvalue weighted by Gasteiger charge is -2.12. The highest BCUT2D eigenvalue weighted by Gasteiger charge is 2.15. The zero-order chi connectivity index (χ0) is 15.0. The lowest BCUT2D eigenvalue weighted by Crippen LogP contribution is -2.16. The van der Waals surface area contributed by atoms with Gasteiger partial charge < -0.3 is 9.47 Å². The van der Waals surface area contributed by atoms with E-state index in [1.165, 1.54) is 6.92 Å². The van der Waals surface area contributed by atoms with Crippen molar-refractivity contribution in [3.8, 4) is 0 Å². The molecule has 0 fully saturated rings. The lowest BCUT2D eigenvalue weighted by molar-refractivity contribution is -0.150. The molecule has 1 aromatic rings. The number of hydrogen-bond donors (Lipinski definition) is 0. The van der Waals surface area contributed by atoms with E-state index in [-0.39, 0.29) is 31.1 Å². The molecule has 0 amide bonds. The molecule has 0 aromatic heterocycles. The van der Waals surface area contributed by atoms with Gasteiger partial charge in [0, 0.05) is 6.92 Å². The maximum Gasteiger partial charge on any atom is 0.309 e. The predicted molar refractivity (Wildman–Crippen MR) is 75.8 cm³/mol. The van der Waals surface area contributed by atoms with E-state index in [4.69, 9.17) is 9.47 Å². The zero-order valence-corrected chi connectivity index (χ0v) is 12.3. The second kappa shape index (κ2) is 8.35. The van der Waals surface area contributed by atoms with Crippen LogP contribution in [0.25, 0.3) is 0 Å². The summed E-state index contributed by atoms with van der Waals surface area (Å²) in [6.45, 7) is 5.83. The number of esters is 2. The van der Waals surface area contributed by atoms with Gasteiger partial charge in [-0.1, -0.05) is 32.0 Å². The summed E-state index contributed by atoms with van der Waals surface area (Å²) in [7, 11) is 0. The Balaban J connectivity index is 2.53. The molecule has 0 saturated heterocycles. The molecule has 110 valence electrons. The average Bonchev–Trinajstić information content (AvgIpc) is 2.44. The van der Waals surface area contributed by atoms with Crippen molar-refractivity contribution in [2.45, 2.75) is 46.8 Å². The van der Waals surface area contributed by atoms with Crippen molar-refractivity contribution in [1.82, 2.24) is 0 Å². The molecular weight excluding hydrogens is 256 g/mol. The highest BCUT2D eigenvalue weighted by Crippen LogP contribution is 2.13. The van der Waals surface area contributed by atoms with Gasteiger partial charge in [0.25, 0.3) is 0 Å². The van der Waals surface area contributed by atoms with E-state index in [0.717, 1.165) is 24.0 Å². The normalized spacial score (nSPS) is 10.4. The Labute approximate surface area is 120 Å². The summed E-state index contributed by atoms with van der Waals surface area (Å²) < 4.78 is 10.2. The van der Waals surface area contributed by atoms with Gasteiger partial charge in [-0.3, -0.25) is 9.59 Å². The summed E-state index contributed by atoms with van der Waals surface area (Å²) in [4.78, 5) is 22.6. The van der Waals surface area contributed by atoms with Crippen LogP contribution in [0.4, 0.5) is 0 Å². The van der Waals surface area contributed by atoms with E-state index in [1.54, 1.807) is 0 Å². The van der Waals surface area contributed by atoms with E-state index in [0.29, 0.717) is 0 Å². The summed E-state index contributed by atoms with van der Waals surface area (Å²) >= 11 is 0. The van der Waals surface area contributed by atoms with Crippen LogP contribution in [0.5, 0.6) is 0 Å². The van der Waals surface area contributed by atoms with Crippen molar-refractivity contribution in [2.75, 3.05) is 0 Å². The Kier molecular flexibility index (Phi) is 6.77. The van der Waals surface area contributed by atoms with Gasteiger partial charge in [-0.15, -0.1) is 0 Å². The van der Waals surface area contributed by atoms with Crippen molar-refractivity contribution in [2.24, 2.45) is 5.92 Å². The van der Waals surface area contributed by atoms with Crippen molar-refractivity contribution >= 4 is 11.9 Å². The quantitative estimate of drug-likeness (QED) is 0.718. The third kappa shape index (κ3) is 5.43. The van der Waals surface area contributed by atoms with Crippen LogP contribution < -0.4 is 0 Å². The number of hydrogen-bond acceptors (Lipinski definition) is 4. The van der Waals surface area contributed by atoms with E-state index >= 15 is 0 Å². The molecule has 0 radical (unpaired) electrons. The molecule has 0 saturated carbocycles. The number of benzene rings is 1. The molecule has 0 bridgehead atoms. The monoisotopic (exact) mass is 278 g/mol. The minimum atomic E-state index is -0.310. The Morgan fingerprint density at radius 3 is 2.10 bits per heavy atom. The minimum Gasteiger partial charge on any atom is -0.461 e. The second-order valence-corrected chi connectivity index (χ2v) is 4.72. The van der Waals surface area contributed by atoms with Gasteiger partial charge in [-0.05, 0) is 30.0 Å². The molecule has 0 aliphatic rings. The van der Waals surface area contributed by atoms with Crippen LogP contribution in [0.2, 0.25) is 0 Å². The lowest BCUT2D eigenvalue weighted by atomic mass is 10.0. The fraction of sp³-hybridized carbons (Fsp3) is 0.500. The molecule has 0 N–H and O–H groups in total. The van der Waals surface area contributed by atoms with Gasteiger partial charge >= 0.3 is 11.9 Å². The molecule has 0 heterocycles. The van der Waals surface area contributed by atoms with Crippen molar-refractivity contribution in [3.05, 3.63) is 35.4 Å². The first kappa shape index (κ1) is 16.2. The number of carbonyl (C=O) groups excluding carboxylic acids is 2. The molecular formula is C16H22O4. The largest absolute Gasteiger partial charge is 0.461 e. The summed E-state index contributed by atoms with van der Waals surface area (Å²) in [5.41, 5.74) is 1.78. The Bertz CT molecular complexity index is 450. The minimum absolute atomic E-state index is 0.0285. The van der Waals surface area contributed by atoms with Crippen LogP contribution in [-0.2, 0) is 32.3 Å². The standard InChI is InChI=1S/C16H22O4/c1-4-15(5-2)16(18)20-11-14-8-6-7-13(9-14)10-19-12(3)17/h6-9,15H,4-5,10-11H2,1-3H3. The first-order chi connectivity index (χ1) is 9.56. The van der Waals surface area contributed by atoms with Crippen LogP contribution in [0.1, 0.15) is 44.7 Å². The van der Waals surface area contributed by atoms with E-state index < -0.39 is 0 Å². The van der Waals surface area contributed by atoms with Crippen molar-refractivity contribution in [1.29, 1.82) is 0 Å². The highest BCUT2D eigenvalue weighted by molar-refractivity contribution is 5.72. The topological polar surface area (TPSA) is 52.6 Å². The number of carbonyl (C=O) groups is 2. The van der Waals surface area contributed by atoms with E-state index in [9.17, 15) is 9.59 Å². The van der Waals surface area contributed by atoms with Crippen LogP contribution in [0.3, 0.4) is 0 Å². The molecule has 1 aromatic carbocycles.